The Morgan fingerprint density at radius 1 is 0.859 bits per heavy atom. The van der Waals surface area contributed by atoms with Gasteiger partial charge < -0.3 is 28.6 Å². The highest BCUT2D eigenvalue weighted by Gasteiger charge is 2.49. The first kappa shape index (κ1) is 41.6. The zero-order valence-corrected chi connectivity index (χ0v) is 36.4. The predicted octanol–water partition coefficient (Wildman–Crippen LogP) is 3.69. The number of methoxy groups -OCH3 is 2. The van der Waals surface area contributed by atoms with Crippen LogP contribution in [0.4, 0.5) is 5.95 Å². The summed E-state index contributed by atoms with van der Waals surface area (Å²) in [6, 6.07) is 7.80. The van der Waals surface area contributed by atoms with Crippen molar-refractivity contribution >= 4 is 46.4 Å². The molecular weight excluding hydrogens is 821 g/mol. The van der Waals surface area contributed by atoms with Crippen LogP contribution in [0.5, 0.6) is 17.2 Å². The van der Waals surface area contributed by atoms with Crippen LogP contribution in [-0.4, -0.2) is 124 Å². The number of aromatic nitrogens is 3. The summed E-state index contributed by atoms with van der Waals surface area (Å²) in [5, 5.41) is 2.67. The number of piperidine rings is 3. The molecule has 1 aliphatic carbocycles. The van der Waals surface area contributed by atoms with Crippen molar-refractivity contribution in [2.24, 2.45) is 18.4 Å². The summed E-state index contributed by atoms with van der Waals surface area (Å²) >= 11 is 0. The fourth-order valence-electron chi connectivity index (χ4n) is 10.5. The van der Waals surface area contributed by atoms with Crippen molar-refractivity contribution in [3.05, 3.63) is 69.8 Å². The number of pyridine rings is 1. The number of nitrogens with zero attached hydrogens (tertiary/aromatic N) is 7. The van der Waals surface area contributed by atoms with Crippen LogP contribution < -0.4 is 30.0 Å². The van der Waals surface area contributed by atoms with E-state index in [0.717, 1.165) is 92.7 Å². The molecule has 1 N–H and O–H groups in total. The zero-order chi connectivity index (χ0) is 44.4. The summed E-state index contributed by atoms with van der Waals surface area (Å²) in [5.41, 5.74) is 3.49. The number of nitrogens with one attached hydrogen (secondary N) is 1. The summed E-state index contributed by atoms with van der Waals surface area (Å²) in [7, 11) is 5.03. The van der Waals surface area contributed by atoms with Crippen LogP contribution in [0.15, 0.2) is 47.5 Å². The number of hydrogen-bond acceptors (Lipinski definition) is 13. The second-order valence-corrected chi connectivity index (χ2v) is 18.3. The lowest BCUT2D eigenvalue weighted by atomic mass is 9.61. The van der Waals surface area contributed by atoms with Gasteiger partial charge in [-0.3, -0.25) is 43.9 Å². The van der Waals surface area contributed by atoms with Crippen molar-refractivity contribution in [1.82, 2.24) is 34.6 Å². The predicted molar refractivity (Wildman–Crippen MR) is 233 cm³/mol. The van der Waals surface area contributed by atoms with Gasteiger partial charge in [0, 0.05) is 70.1 Å². The molecule has 17 heteroatoms. The van der Waals surface area contributed by atoms with Gasteiger partial charge in [-0.1, -0.05) is 0 Å². The number of rotatable bonds is 10. The van der Waals surface area contributed by atoms with Gasteiger partial charge >= 0.3 is 0 Å². The monoisotopic (exact) mass is 872 g/mol. The van der Waals surface area contributed by atoms with Crippen LogP contribution in [0.3, 0.4) is 0 Å². The van der Waals surface area contributed by atoms with Crippen molar-refractivity contribution < 1.29 is 38.2 Å². The highest BCUT2D eigenvalue weighted by atomic mass is 16.5. The molecule has 0 radical (unpaired) electrons. The molecule has 1 saturated carbocycles. The molecule has 17 nitrogen and oxygen atoms in total. The second-order valence-electron chi connectivity index (χ2n) is 18.3. The van der Waals surface area contributed by atoms with E-state index in [9.17, 15) is 28.8 Å². The summed E-state index contributed by atoms with van der Waals surface area (Å²) < 4.78 is 19.8. The molecular formula is C47H52N8O9. The molecule has 5 amide bonds. The number of ether oxygens (including phenoxy) is 3. The van der Waals surface area contributed by atoms with E-state index in [1.807, 2.05) is 23.2 Å². The van der Waals surface area contributed by atoms with E-state index in [-0.39, 0.29) is 52.9 Å². The van der Waals surface area contributed by atoms with Crippen LogP contribution in [0.25, 0.3) is 22.0 Å². The minimum absolute atomic E-state index is 0.0320. The first-order valence-electron chi connectivity index (χ1n) is 22.3. The number of imide groups is 2. The largest absolute Gasteiger partial charge is 0.496 e. The van der Waals surface area contributed by atoms with Gasteiger partial charge in [-0.2, -0.15) is 0 Å². The van der Waals surface area contributed by atoms with Gasteiger partial charge in [0.15, 0.2) is 0 Å². The molecule has 5 aliphatic heterocycles. The molecule has 1 unspecified atom stereocenters. The van der Waals surface area contributed by atoms with Crippen molar-refractivity contribution in [2.75, 3.05) is 58.4 Å². The quantitative estimate of drug-likeness (QED) is 0.228. The molecule has 6 aliphatic rings. The van der Waals surface area contributed by atoms with Crippen LogP contribution in [-0.2, 0) is 28.0 Å². The molecule has 64 heavy (non-hydrogen) atoms. The van der Waals surface area contributed by atoms with E-state index in [0.29, 0.717) is 53.7 Å². The van der Waals surface area contributed by atoms with Gasteiger partial charge in [0.25, 0.3) is 17.4 Å². The van der Waals surface area contributed by atoms with E-state index < -0.39 is 29.7 Å². The fraction of sp³-hybridized carbons (Fsp3) is 0.489. The molecule has 1 atom stereocenters. The van der Waals surface area contributed by atoms with Crippen molar-refractivity contribution in [3.8, 4) is 28.4 Å². The molecule has 4 saturated heterocycles. The van der Waals surface area contributed by atoms with Crippen LogP contribution in [0, 0.1) is 11.3 Å². The maximum absolute atomic E-state index is 13.8. The van der Waals surface area contributed by atoms with Gasteiger partial charge in [0.2, 0.25) is 23.7 Å². The number of fused-ring (bicyclic) bond motifs is 2. The zero-order valence-electron chi connectivity index (χ0n) is 36.4. The number of anilines is 1. The van der Waals surface area contributed by atoms with Crippen molar-refractivity contribution in [2.45, 2.75) is 76.5 Å². The molecule has 334 valence electrons. The number of benzene rings is 2. The topological polar surface area (TPSA) is 186 Å². The first-order valence-corrected chi connectivity index (χ1v) is 22.3. The molecule has 1 spiro atoms. The molecule has 10 rings (SSSR count). The standard InChI is InChI=1S/C47H52N8O9/c1-51-25-34(40-33(43(51)59)24-48-46(50-40)54-13-4-14-54)28-19-37(62-2)35(38(20-28)63-3)26-52-15-9-27(10-16-52)42(58)53-17-11-47(12-18-53)22-30(23-47)64-29-5-6-31-32(21-29)45(61)55(44(31)60)36-7-8-39(56)49-41(36)57/h5-6,19-21,24-25,27,30,36H,4,7-18,22-23,26H2,1-3H3,(H,49,56,57). The highest BCUT2D eigenvalue weighted by molar-refractivity contribution is 6.23. The van der Waals surface area contributed by atoms with E-state index >= 15 is 0 Å². The Hall–Kier alpha value is -6.36. The Labute approximate surface area is 369 Å². The average Bonchev–Trinajstić information content (AvgIpc) is 3.51. The number of carbonyl (C=O) groups is 5. The summed E-state index contributed by atoms with van der Waals surface area (Å²) in [6.07, 6.45) is 9.70. The van der Waals surface area contributed by atoms with E-state index in [1.165, 1.54) is 0 Å². The molecule has 2 aromatic heterocycles. The summed E-state index contributed by atoms with van der Waals surface area (Å²) in [4.78, 5) is 94.2. The lowest BCUT2D eigenvalue weighted by molar-refractivity contribution is -0.142. The number of aryl methyl sites for hydroxylation is 1. The fourth-order valence-corrected chi connectivity index (χ4v) is 10.5. The number of carbonyl (C=O) groups excluding carboxylic acids is 5. The second kappa shape index (κ2) is 16.3. The first-order chi connectivity index (χ1) is 30.9. The Kier molecular flexibility index (Phi) is 10.6. The van der Waals surface area contributed by atoms with E-state index in [1.54, 1.807) is 50.2 Å². The molecule has 7 heterocycles. The summed E-state index contributed by atoms with van der Waals surface area (Å²) in [6.45, 7) is 5.34. The lowest BCUT2D eigenvalue weighted by Crippen LogP contribution is -2.54. The van der Waals surface area contributed by atoms with Gasteiger partial charge in [0.1, 0.15) is 23.3 Å². The van der Waals surface area contributed by atoms with E-state index in [2.05, 4.69) is 20.1 Å². The third-order valence-electron chi connectivity index (χ3n) is 14.5. The van der Waals surface area contributed by atoms with Crippen LogP contribution >= 0.6 is 0 Å². The van der Waals surface area contributed by atoms with Crippen molar-refractivity contribution in [1.29, 1.82) is 0 Å². The normalized spacial score (nSPS) is 21.5. The summed E-state index contributed by atoms with van der Waals surface area (Å²) in [5.74, 6) is 0.519. The number of likely N-dealkylation sites (tertiary alicyclic amines) is 2. The number of hydrogen-bond donors (Lipinski definition) is 1. The Balaban J connectivity index is 0.726. The Morgan fingerprint density at radius 3 is 2.22 bits per heavy atom. The lowest BCUT2D eigenvalue weighted by Gasteiger charge is -2.52. The minimum Gasteiger partial charge on any atom is -0.496 e. The average molecular weight is 873 g/mol. The molecule has 2 aromatic carbocycles. The smallest absolute Gasteiger partial charge is 0.262 e. The number of amides is 5. The van der Waals surface area contributed by atoms with Gasteiger partial charge in [-0.25, -0.2) is 9.97 Å². The highest BCUT2D eigenvalue weighted by Crippen LogP contribution is 2.51. The third-order valence-corrected chi connectivity index (χ3v) is 14.5. The minimum atomic E-state index is -1.01. The van der Waals surface area contributed by atoms with Crippen LogP contribution in [0.1, 0.15) is 84.1 Å². The van der Waals surface area contributed by atoms with Gasteiger partial charge in [-0.05, 0) is 106 Å². The SMILES string of the molecule is COc1cc(-c2cn(C)c(=O)c3cnc(N4CCC4)nc23)cc(OC)c1CN1CCC(C(=O)N2CCC3(CC2)CC(Oc2ccc4c(c2)C(=O)N(C2CCC(=O)NC2=O)C4=O)C3)CC1. The molecule has 4 aromatic rings. The maximum atomic E-state index is 13.8. The third kappa shape index (κ3) is 7.32. The van der Waals surface area contributed by atoms with E-state index in [4.69, 9.17) is 19.2 Å². The maximum Gasteiger partial charge on any atom is 0.262 e. The molecule has 5 fully saturated rings. The molecule has 0 bridgehead atoms. The Bertz CT molecular complexity index is 2630. The van der Waals surface area contributed by atoms with Gasteiger partial charge in [0.05, 0.1) is 47.9 Å². The Morgan fingerprint density at radius 2 is 1.56 bits per heavy atom. The van der Waals surface area contributed by atoms with Gasteiger partial charge in [-0.15, -0.1) is 0 Å². The van der Waals surface area contributed by atoms with Crippen molar-refractivity contribution in [3.63, 3.8) is 0 Å². The van der Waals surface area contributed by atoms with Crippen LogP contribution in [0.2, 0.25) is 0 Å².